The van der Waals surface area contributed by atoms with Crippen molar-refractivity contribution in [3.63, 3.8) is 0 Å². The first-order valence-electron chi connectivity index (χ1n) is 6.63. The molecule has 1 heterocycles. The monoisotopic (exact) mass is 350 g/mol. The Hall–Kier alpha value is -1.06. The summed E-state index contributed by atoms with van der Waals surface area (Å²) in [7, 11) is 0. The van der Waals surface area contributed by atoms with Crippen LogP contribution in [0.5, 0.6) is 0 Å². The summed E-state index contributed by atoms with van der Waals surface area (Å²) < 4.78 is 0.925. The number of aromatic nitrogens is 1. The van der Waals surface area contributed by atoms with Crippen molar-refractivity contribution in [3.05, 3.63) is 57.3 Å². The number of nitrogens with zero attached hydrogens (tertiary/aromatic N) is 1. The van der Waals surface area contributed by atoms with Gasteiger partial charge in [-0.25, -0.2) is 4.98 Å². The maximum absolute atomic E-state index is 6.20. The van der Waals surface area contributed by atoms with Crippen molar-refractivity contribution < 1.29 is 0 Å². The molecule has 1 aromatic carbocycles. The summed E-state index contributed by atoms with van der Waals surface area (Å²) in [5.74, 6) is 0. The number of anilines is 1. The van der Waals surface area contributed by atoms with Gasteiger partial charge in [-0.2, -0.15) is 0 Å². The van der Waals surface area contributed by atoms with Crippen molar-refractivity contribution in [2.75, 3.05) is 5.32 Å². The second-order valence-corrected chi connectivity index (χ2v) is 7.21. The van der Waals surface area contributed by atoms with Gasteiger partial charge < -0.3 is 5.32 Å². The molecule has 0 aliphatic heterocycles. The Kier molecular flexibility index (Phi) is 3.51. The van der Waals surface area contributed by atoms with Crippen LogP contribution in [-0.2, 0) is 6.42 Å². The highest BCUT2D eigenvalue weighted by atomic mass is 79.9. The van der Waals surface area contributed by atoms with E-state index in [1.54, 1.807) is 6.20 Å². The molecule has 1 aliphatic carbocycles. The first-order valence-corrected chi connectivity index (χ1v) is 7.80. The highest BCUT2D eigenvalue weighted by Crippen LogP contribution is 2.47. The highest BCUT2D eigenvalue weighted by molar-refractivity contribution is 9.10. The van der Waals surface area contributed by atoms with Crippen LogP contribution in [0.2, 0.25) is 5.15 Å². The van der Waals surface area contributed by atoms with E-state index in [9.17, 15) is 0 Å². The lowest BCUT2D eigenvalue weighted by Gasteiger charge is -2.29. The Morgan fingerprint density at radius 3 is 2.90 bits per heavy atom. The summed E-state index contributed by atoms with van der Waals surface area (Å²) >= 11 is 9.65. The van der Waals surface area contributed by atoms with Crippen molar-refractivity contribution in [2.45, 2.75) is 26.3 Å². The fourth-order valence-corrected chi connectivity index (χ4v) is 3.43. The molecule has 0 spiro atoms. The molecular formula is C16H16BrClN2. The van der Waals surface area contributed by atoms with Gasteiger partial charge in [-0.1, -0.05) is 49.7 Å². The number of pyridine rings is 1. The molecular weight excluding hydrogens is 336 g/mol. The van der Waals surface area contributed by atoms with Crippen molar-refractivity contribution in [1.82, 2.24) is 4.98 Å². The molecule has 0 radical (unpaired) electrons. The van der Waals surface area contributed by atoms with Crippen molar-refractivity contribution in [1.29, 1.82) is 0 Å². The first kappa shape index (κ1) is 13.9. The molecule has 2 nitrogen and oxygen atoms in total. The molecule has 1 aromatic heterocycles. The van der Waals surface area contributed by atoms with Crippen molar-refractivity contribution in [3.8, 4) is 0 Å². The third-order valence-electron chi connectivity index (χ3n) is 3.90. The molecule has 0 amide bonds. The van der Waals surface area contributed by atoms with Crippen LogP contribution in [0.25, 0.3) is 0 Å². The van der Waals surface area contributed by atoms with Gasteiger partial charge >= 0.3 is 0 Å². The Bertz CT molecular complexity index is 655. The second-order valence-electron chi connectivity index (χ2n) is 5.93. The lowest BCUT2D eigenvalue weighted by Crippen LogP contribution is -2.24. The van der Waals surface area contributed by atoms with Gasteiger partial charge in [-0.15, -0.1) is 0 Å². The topological polar surface area (TPSA) is 24.9 Å². The lowest BCUT2D eigenvalue weighted by atomic mass is 9.85. The average Bonchev–Trinajstić information content (AvgIpc) is 2.65. The van der Waals surface area contributed by atoms with Crippen LogP contribution in [-0.4, -0.2) is 4.98 Å². The molecule has 0 fully saturated rings. The van der Waals surface area contributed by atoms with E-state index in [4.69, 9.17) is 11.6 Å². The second kappa shape index (κ2) is 5.05. The predicted molar refractivity (Wildman–Crippen MR) is 87.2 cm³/mol. The maximum atomic E-state index is 6.20. The van der Waals surface area contributed by atoms with Crippen LogP contribution in [0.15, 0.2) is 41.0 Å². The Morgan fingerprint density at radius 1 is 1.35 bits per heavy atom. The quantitative estimate of drug-likeness (QED) is 0.749. The summed E-state index contributed by atoms with van der Waals surface area (Å²) in [5.41, 5.74) is 3.79. The minimum atomic E-state index is 0.148. The van der Waals surface area contributed by atoms with E-state index in [1.807, 2.05) is 6.07 Å². The standard InChI is InChI=1S/C16H16BrClN2/c1-16(2)8-10-5-3-4-6-12(10)14(16)20-13-7-11(17)9-19-15(13)18/h3-7,9,14,20H,8H2,1-2H3. The summed E-state index contributed by atoms with van der Waals surface area (Å²) in [5, 5.41) is 4.08. The van der Waals surface area contributed by atoms with Gasteiger partial charge in [0, 0.05) is 10.7 Å². The van der Waals surface area contributed by atoms with Gasteiger partial charge in [0.25, 0.3) is 0 Å². The number of halogens is 2. The summed E-state index contributed by atoms with van der Waals surface area (Å²) in [4.78, 5) is 4.18. The first-order chi connectivity index (χ1) is 9.47. The Balaban J connectivity index is 1.99. The van der Waals surface area contributed by atoms with Gasteiger partial charge in [-0.3, -0.25) is 0 Å². The molecule has 1 aliphatic rings. The number of benzene rings is 1. The molecule has 20 heavy (non-hydrogen) atoms. The van der Waals surface area contributed by atoms with E-state index in [0.717, 1.165) is 16.6 Å². The maximum Gasteiger partial charge on any atom is 0.152 e. The number of rotatable bonds is 2. The summed E-state index contributed by atoms with van der Waals surface area (Å²) in [6.07, 6.45) is 2.78. The third-order valence-corrected chi connectivity index (χ3v) is 4.63. The zero-order chi connectivity index (χ0) is 14.3. The van der Waals surface area contributed by atoms with Crippen molar-refractivity contribution in [2.24, 2.45) is 5.41 Å². The van der Waals surface area contributed by atoms with Crippen LogP contribution < -0.4 is 5.32 Å². The molecule has 1 unspecified atom stereocenters. The number of fused-ring (bicyclic) bond motifs is 1. The largest absolute Gasteiger partial charge is 0.375 e. The molecule has 1 N–H and O–H groups in total. The van der Waals surface area contributed by atoms with Crippen LogP contribution in [0.4, 0.5) is 5.69 Å². The van der Waals surface area contributed by atoms with Crippen molar-refractivity contribution >= 4 is 33.2 Å². The van der Waals surface area contributed by atoms with E-state index < -0.39 is 0 Å². The lowest BCUT2D eigenvalue weighted by molar-refractivity contribution is 0.337. The molecule has 0 saturated heterocycles. The zero-order valence-corrected chi connectivity index (χ0v) is 13.8. The molecule has 0 saturated carbocycles. The van der Waals surface area contributed by atoms with E-state index in [0.29, 0.717) is 5.15 Å². The molecule has 0 bridgehead atoms. The highest BCUT2D eigenvalue weighted by Gasteiger charge is 2.38. The summed E-state index contributed by atoms with van der Waals surface area (Å²) in [6.45, 7) is 4.56. The fraction of sp³-hybridized carbons (Fsp3) is 0.312. The summed E-state index contributed by atoms with van der Waals surface area (Å²) in [6, 6.07) is 10.8. The van der Waals surface area contributed by atoms with Gasteiger partial charge in [0.15, 0.2) is 5.15 Å². The third kappa shape index (κ3) is 2.45. The Morgan fingerprint density at radius 2 is 2.10 bits per heavy atom. The molecule has 2 aromatic rings. The molecule has 1 atom stereocenters. The van der Waals surface area contributed by atoms with Crippen LogP contribution >= 0.6 is 27.5 Å². The number of hydrogen-bond donors (Lipinski definition) is 1. The molecule has 104 valence electrons. The van der Waals surface area contributed by atoms with Gasteiger partial charge in [0.05, 0.1) is 11.7 Å². The fourth-order valence-electron chi connectivity index (χ4n) is 2.94. The normalized spacial score (nSPS) is 19.7. The molecule has 3 rings (SSSR count). The Labute approximate surface area is 132 Å². The average molecular weight is 352 g/mol. The van der Waals surface area contributed by atoms with E-state index >= 15 is 0 Å². The predicted octanol–water partition coefficient (Wildman–Crippen LogP) is 5.23. The smallest absolute Gasteiger partial charge is 0.152 e. The van der Waals surface area contributed by atoms with Gasteiger partial charge in [0.1, 0.15) is 0 Å². The van der Waals surface area contributed by atoms with Crippen LogP contribution in [0, 0.1) is 5.41 Å². The van der Waals surface area contributed by atoms with Gasteiger partial charge in [-0.05, 0) is 45.0 Å². The van der Waals surface area contributed by atoms with Gasteiger partial charge in [0.2, 0.25) is 0 Å². The number of hydrogen-bond acceptors (Lipinski definition) is 2. The van der Waals surface area contributed by atoms with E-state index in [-0.39, 0.29) is 11.5 Å². The number of nitrogens with one attached hydrogen (secondary N) is 1. The minimum absolute atomic E-state index is 0.148. The van der Waals surface area contributed by atoms with Crippen LogP contribution in [0.3, 0.4) is 0 Å². The van der Waals surface area contributed by atoms with E-state index in [1.165, 1.54) is 11.1 Å². The van der Waals surface area contributed by atoms with Crippen LogP contribution in [0.1, 0.15) is 31.0 Å². The minimum Gasteiger partial charge on any atom is -0.375 e. The SMILES string of the molecule is CC1(C)Cc2ccccc2C1Nc1cc(Br)cnc1Cl. The zero-order valence-electron chi connectivity index (χ0n) is 11.5. The molecule has 4 heteroatoms. The van der Waals surface area contributed by atoms with E-state index in [2.05, 4.69) is 64.3 Å².